The molecule has 6 nitrogen and oxygen atoms in total. The Bertz CT molecular complexity index is 526. The summed E-state index contributed by atoms with van der Waals surface area (Å²) >= 11 is 1.68. The maximum absolute atomic E-state index is 11.4. The monoisotopic (exact) mass is 451 g/mol. The van der Waals surface area contributed by atoms with Crippen LogP contribution in [0.3, 0.4) is 0 Å². The molecule has 2 heterocycles. The van der Waals surface area contributed by atoms with E-state index in [0.717, 1.165) is 62.4 Å². The average Bonchev–Trinajstić information content (AvgIpc) is 2.92. The molecule has 1 aromatic rings. The highest BCUT2D eigenvalue weighted by Crippen LogP contribution is 2.08. The van der Waals surface area contributed by atoms with Crippen molar-refractivity contribution in [1.29, 1.82) is 0 Å². The van der Waals surface area contributed by atoms with E-state index in [1.54, 1.807) is 18.3 Å². The third-order valence-corrected chi connectivity index (χ3v) is 4.48. The van der Waals surface area contributed by atoms with Gasteiger partial charge in [-0.15, -0.1) is 35.3 Å². The van der Waals surface area contributed by atoms with E-state index in [2.05, 4.69) is 27.5 Å². The molecule has 1 aromatic heterocycles. The van der Waals surface area contributed by atoms with Crippen LogP contribution in [0.2, 0.25) is 0 Å². The number of halogens is 1. The number of aliphatic imine (C=N–C) groups is 1. The van der Waals surface area contributed by atoms with Crippen LogP contribution in [-0.2, 0) is 11.2 Å². The number of thiazole rings is 1. The summed E-state index contributed by atoms with van der Waals surface area (Å²) in [4.78, 5) is 24.7. The van der Waals surface area contributed by atoms with Gasteiger partial charge in [-0.2, -0.15) is 0 Å². The molecule has 2 rings (SSSR count). The van der Waals surface area contributed by atoms with E-state index in [0.29, 0.717) is 0 Å². The SMILES string of the molecule is CCNC(=NCCc1csc(C)n1)N1CCN(C(C)=O)CC1.I. The summed E-state index contributed by atoms with van der Waals surface area (Å²) < 4.78 is 0. The van der Waals surface area contributed by atoms with Crippen LogP contribution >= 0.6 is 35.3 Å². The second-order valence-corrected chi connectivity index (χ2v) is 6.40. The molecule has 0 radical (unpaired) electrons. The van der Waals surface area contributed by atoms with E-state index < -0.39 is 0 Å². The van der Waals surface area contributed by atoms with Crippen LogP contribution in [0.25, 0.3) is 0 Å². The molecule has 8 heteroatoms. The number of carbonyl (C=O) groups excluding carboxylic acids is 1. The molecule has 23 heavy (non-hydrogen) atoms. The van der Waals surface area contributed by atoms with E-state index in [4.69, 9.17) is 4.99 Å². The van der Waals surface area contributed by atoms with Gasteiger partial charge in [-0.05, 0) is 13.8 Å². The molecule has 0 spiro atoms. The Morgan fingerprint density at radius 3 is 2.52 bits per heavy atom. The molecule has 1 aliphatic heterocycles. The van der Waals surface area contributed by atoms with Crippen LogP contribution in [0.1, 0.15) is 24.5 Å². The normalized spacial score (nSPS) is 15.3. The summed E-state index contributed by atoms with van der Waals surface area (Å²) in [5.74, 6) is 1.10. The molecular weight excluding hydrogens is 425 g/mol. The molecule has 1 fully saturated rings. The predicted octanol–water partition coefficient (Wildman–Crippen LogP) is 1.74. The summed E-state index contributed by atoms with van der Waals surface area (Å²) in [6, 6.07) is 0. The van der Waals surface area contributed by atoms with Gasteiger partial charge in [0.1, 0.15) is 0 Å². The number of rotatable bonds is 4. The minimum atomic E-state index is 0. The number of aromatic nitrogens is 1. The quantitative estimate of drug-likeness (QED) is 0.431. The lowest BCUT2D eigenvalue weighted by Gasteiger charge is -2.36. The van der Waals surface area contributed by atoms with Crippen LogP contribution in [0.5, 0.6) is 0 Å². The summed E-state index contributed by atoms with van der Waals surface area (Å²) in [5.41, 5.74) is 1.11. The van der Waals surface area contributed by atoms with Crippen LogP contribution in [-0.4, -0.2) is 65.9 Å². The van der Waals surface area contributed by atoms with Gasteiger partial charge in [-0.1, -0.05) is 0 Å². The highest BCUT2D eigenvalue weighted by Gasteiger charge is 2.20. The van der Waals surface area contributed by atoms with Crippen LogP contribution in [0, 0.1) is 6.92 Å². The van der Waals surface area contributed by atoms with E-state index in [1.807, 2.05) is 11.8 Å². The summed E-state index contributed by atoms with van der Waals surface area (Å²) in [6.45, 7) is 10.5. The van der Waals surface area contributed by atoms with E-state index in [-0.39, 0.29) is 29.9 Å². The lowest BCUT2D eigenvalue weighted by molar-refractivity contribution is -0.130. The van der Waals surface area contributed by atoms with Crippen molar-refractivity contribution in [2.24, 2.45) is 4.99 Å². The summed E-state index contributed by atoms with van der Waals surface area (Å²) in [7, 11) is 0. The largest absolute Gasteiger partial charge is 0.357 e. The first-order valence-corrected chi connectivity index (χ1v) is 8.68. The minimum absolute atomic E-state index is 0. The Labute approximate surface area is 159 Å². The first-order valence-electron chi connectivity index (χ1n) is 7.80. The van der Waals surface area contributed by atoms with Gasteiger partial charge in [-0.3, -0.25) is 9.79 Å². The Morgan fingerprint density at radius 2 is 2.00 bits per heavy atom. The number of piperazine rings is 1. The highest BCUT2D eigenvalue weighted by molar-refractivity contribution is 14.0. The lowest BCUT2D eigenvalue weighted by atomic mass is 10.3. The number of hydrogen-bond donors (Lipinski definition) is 1. The number of nitrogens with zero attached hydrogens (tertiary/aromatic N) is 4. The summed E-state index contributed by atoms with van der Waals surface area (Å²) in [6.07, 6.45) is 0.868. The van der Waals surface area contributed by atoms with Crippen molar-refractivity contribution in [1.82, 2.24) is 20.1 Å². The van der Waals surface area contributed by atoms with Crippen LogP contribution < -0.4 is 5.32 Å². The van der Waals surface area contributed by atoms with Crippen molar-refractivity contribution < 1.29 is 4.79 Å². The van der Waals surface area contributed by atoms with Crippen molar-refractivity contribution in [3.8, 4) is 0 Å². The zero-order valence-corrected chi connectivity index (χ0v) is 17.2. The number of aryl methyl sites for hydroxylation is 1. The fraction of sp³-hybridized carbons (Fsp3) is 0.667. The van der Waals surface area contributed by atoms with Crippen LogP contribution in [0.4, 0.5) is 0 Å². The van der Waals surface area contributed by atoms with Crippen molar-refractivity contribution in [3.63, 3.8) is 0 Å². The average molecular weight is 451 g/mol. The smallest absolute Gasteiger partial charge is 0.219 e. The van der Waals surface area contributed by atoms with Gasteiger partial charge in [-0.25, -0.2) is 4.98 Å². The standard InChI is InChI=1S/C15H25N5OS.HI/c1-4-16-15(17-6-5-14-11-22-12(2)18-14)20-9-7-19(8-10-20)13(3)21;/h11H,4-10H2,1-3H3,(H,16,17);1H. The number of guanidine groups is 1. The number of nitrogens with one attached hydrogen (secondary N) is 1. The number of hydrogen-bond acceptors (Lipinski definition) is 4. The van der Waals surface area contributed by atoms with Gasteiger partial charge in [0.15, 0.2) is 5.96 Å². The molecule has 0 saturated carbocycles. The van der Waals surface area contributed by atoms with Gasteiger partial charge in [0.25, 0.3) is 0 Å². The Kier molecular flexibility index (Phi) is 8.82. The molecule has 1 N–H and O–H groups in total. The first-order chi connectivity index (χ1) is 10.6. The van der Waals surface area contributed by atoms with Crippen molar-refractivity contribution in [3.05, 3.63) is 16.1 Å². The maximum Gasteiger partial charge on any atom is 0.219 e. The third-order valence-electron chi connectivity index (χ3n) is 3.66. The third kappa shape index (κ3) is 6.25. The zero-order valence-electron chi connectivity index (χ0n) is 14.0. The molecule has 0 unspecified atom stereocenters. The second kappa shape index (κ2) is 10.1. The van der Waals surface area contributed by atoms with Crippen molar-refractivity contribution in [2.75, 3.05) is 39.3 Å². The predicted molar refractivity (Wildman–Crippen MR) is 106 cm³/mol. The molecule has 1 saturated heterocycles. The summed E-state index contributed by atoms with van der Waals surface area (Å²) in [5, 5.41) is 6.55. The van der Waals surface area contributed by atoms with Crippen molar-refractivity contribution in [2.45, 2.75) is 27.2 Å². The van der Waals surface area contributed by atoms with Gasteiger partial charge in [0.2, 0.25) is 5.91 Å². The molecule has 0 aromatic carbocycles. The van der Waals surface area contributed by atoms with E-state index in [1.165, 1.54) is 0 Å². The topological polar surface area (TPSA) is 60.8 Å². The molecule has 1 aliphatic rings. The van der Waals surface area contributed by atoms with Crippen molar-refractivity contribution >= 4 is 47.2 Å². The van der Waals surface area contributed by atoms with E-state index >= 15 is 0 Å². The highest BCUT2D eigenvalue weighted by atomic mass is 127. The van der Waals surface area contributed by atoms with Gasteiger partial charge < -0.3 is 15.1 Å². The van der Waals surface area contributed by atoms with Crippen LogP contribution in [0.15, 0.2) is 10.4 Å². The first kappa shape index (κ1) is 20.1. The molecular formula is C15H26IN5OS. The van der Waals surface area contributed by atoms with E-state index in [9.17, 15) is 4.79 Å². The fourth-order valence-electron chi connectivity index (χ4n) is 2.46. The molecule has 0 bridgehead atoms. The Morgan fingerprint density at radius 1 is 1.35 bits per heavy atom. The molecule has 0 atom stereocenters. The van der Waals surface area contributed by atoms with Gasteiger partial charge in [0, 0.05) is 58.0 Å². The van der Waals surface area contributed by atoms with Gasteiger partial charge in [0.05, 0.1) is 10.7 Å². The Hall–Kier alpha value is -0.900. The minimum Gasteiger partial charge on any atom is -0.357 e. The lowest BCUT2D eigenvalue weighted by Crippen LogP contribution is -2.53. The Balaban J connectivity index is 0.00000264. The van der Waals surface area contributed by atoms with Gasteiger partial charge >= 0.3 is 0 Å². The molecule has 130 valence electrons. The number of amides is 1. The number of carbonyl (C=O) groups is 1. The zero-order chi connectivity index (χ0) is 15.9. The molecule has 0 aliphatic carbocycles. The molecule has 1 amide bonds. The fourth-order valence-corrected chi connectivity index (χ4v) is 3.11. The maximum atomic E-state index is 11.4. The second-order valence-electron chi connectivity index (χ2n) is 5.34.